The zero-order valence-electron chi connectivity index (χ0n) is 12.2. The van der Waals surface area contributed by atoms with Crippen LogP contribution < -0.4 is 0 Å². The third-order valence-corrected chi connectivity index (χ3v) is 4.09. The summed E-state index contributed by atoms with van der Waals surface area (Å²) in [5, 5.41) is 0. The Bertz CT molecular complexity index is 798. The van der Waals surface area contributed by atoms with Crippen molar-refractivity contribution in [1.82, 2.24) is 0 Å². The monoisotopic (exact) mass is 280 g/mol. The third-order valence-electron chi connectivity index (χ3n) is 4.09. The molecule has 0 amide bonds. The molecule has 0 unspecified atom stereocenters. The summed E-state index contributed by atoms with van der Waals surface area (Å²) >= 11 is 0. The first kappa shape index (κ1) is 13.0. The predicted molar refractivity (Wildman–Crippen MR) is 92.2 cm³/mol. The van der Waals surface area contributed by atoms with Gasteiger partial charge in [-0.2, -0.15) is 0 Å². The van der Waals surface area contributed by atoms with E-state index in [0.29, 0.717) is 0 Å². The first-order valence-electron chi connectivity index (χ1n) is 7.56. The van der Waals surface area contributed by atoms with Crippen LogP contribution in [0, 0.1) is 12.3 Å². The van der Waals surface area contributed by atoms with Gasteiger partial charge in [0, 0.05) is 23.8 Å². The fourth-order valence-electron chi connectivity index (χ4n) is 3.04. The lowest BCUT2D eigenvalue weighted by Gasteiger charge is -2.20. The molecule has 0 aromatic heterocycles. The Kier molecular flexibility index (Phi) is 3.29. The van der Waals surface area contributed by atoms with Crippen LogP contribution in [-0.4, -0.2) is 0 Å². The maximum atomic E-state index is 2.24. The molecule has 1 aliphatic carbocycles. The van der Waals surface area contributed by atoms with E-state index in [1.807, 2.05) is 0 Å². The summed E-state index contributed by atoms with van der Waals surface area (Å²) < 4.78 is 0. The fourth-order valence-corrected chi connectivity index (χ4v) is 3.04. The van der Waals surface area contributed by atoms with Crippen LogP contribution in [0.4, 0.5) is 0 Å². The molecular formula is C22H16+. The van der Waals surface area contributed by atoms with Crippen LogP contribution in [0.15, 0.2) is 91.0 Å². The Hall–Kier alpha value is -2.73. The number of rotatable bonds is 2. The highest BCUT2D eigenvalue weighted by Crippen LogP contribution is 2.39. The van der Waals surface area contributed by atoms with Gasteiger partial charge in [0.15, 0.2) is 0 Å². The number of benzene rings is 3. The molecule has 0 spiro atoms. The largest absolute Gasteiger partial charge is 0.0843 e. The highest BCUT2D eigenvalue weighted by Gasteiger charge is 2.29. The Labute approximate surface area is 131 Å². The zero-order valence-corrected chi connectivity index (χ0v) is 12.2. The van der Waals surface area contributed by atoms with E-state index in [9.17, 15) is 0 Å². The number of hydrogen-bond acceptors (Lipinski definition) is 0. The van der Waals surface area contributed by atoms with Crippen LogP contribution in [0.5, 0.6) is 0 Å². The van der Waals surface area contributed by atoms with E-state index in [1.54, 1.807) is 0 Å². The van der Waals surface area contributed by atoms with Gasteiger partial charge in [-0.25, -0.2) is 0 Å². The van der Waals surface area contributed by atoms with Gasteiger partial charge >= 0.3 is 0 Å². The minimum Gasteiger partial charge on any atom is -0.0622 e. The molecule has 4 rings (SSSR count). The zero-order chi connectivity index (χ0) is 14.8. The molecule has 0 nitrogen and oxygen atoms in total. The second kappa shape index (κ2) is 5.57. The average Bonchev–Trinajstić information content (AvgIpc) is 2.62. The lowest BCUT2D eigenvalue weighted by atomic mass is 9.78. The molecule has 0 heteroatoms. The molecule has 0 saturated carbocycles. The minimum absolute atomic E-state index is 1.26. The molecule has 0 heterocycles. The Morgan fingerprint density at radius 3 is 2.00 bits per heavy atom. The van der Waals surface area contributed by atoms with E-state index in [2.05, 4.69) is 97.4 Å². The molecule has 1 aliphatic rings. The van der Waals surface area contributed by atoms with Gasteiger partial charge in [-0.05, 0) is 42.0 Å². The van der Waals surface area contributed by atoms with Crippen LogP contribution in [0.3, 0.4) is 0 Å². The molecular weight excluding hydrogens is 264 g/mol. The van der Waals surface area contributed by atoms with Gasteiger partial charge < -0.3 is 0 Å². The lowest BCUT2D eigenvalue weighted by Crippen LogP contribution is -2.10. The maximum Gasteiger partial charge on any atom is 0.0843 e. The molecule has 103 valence electrons. The number of hydrogen-bond donors (Lipinski definition) is 0. The van der Waals surface area contributed by atoms with Gasteiger partial charge in [0.1, 0.15) is 0 Å². The quantitative estimate of drug-likeness (QED) is 0.558. The highest BCUT2D eigenvalue weighted by atomic mass is 14.3. The summed E-state index contributed by atoms with van der Waals surface area (Å²) in [5.41, 5.74) is 6.41. The van der Waals surface area contributed by atoms with Gasteiger partial charge in [-0.3, -0.25) is 0 Å². The Balaban J connectivity index is 1.83. The van der Waals surface area contributed by atoms with Gasteiger partial charge in [0.25, 0.3) is 0 Å². The van der Waals surface area contributed by atoms with E-state index in [-0.39, 0.29) is 0 Å². The van der Waals surface area contributed by atoms with Gasteiger partial charge in [0.2, 0.25) is 0 Å². The van der Waals surface area contributed by atoms with Crippen molar-refractivity contribution in [3.63, 3.8) is 0 Å². The summed E-state index contributed by atoms with van der Waals surface area (Å²) in [5.74, 6) is 1.29. The van der Waals surface area contributed by atoms with Crippen LogP contribution in [-0.2, 0) is 0 Å². The van der Waals surface area contributed by atoms with Gasteiger partial charge in [0.05, 0.1) is 29.0 Å². The van der Waals surface area contributed by atoms with Crippen molar-refractivity contribution in [2.75, 3.05) is 0 Å². The van der Waals surface area contributed by atoms with Crippen LogP contribution in [0.2, 0.25) is 0 Å². The average molecular weight is 280 g/mol. The molecule has 1 radical (unpaired) electrons. The Morgan fingerprint density at radius 1 is 0.591 bits per heavy atom. The van der Waals surface area contributed by atoms with E-state index in [1.165, 1.54) is 33.7 Å². The molecule has 0 saturated heterocycles. The minimum atomic E-state index is 1.26. The highest BCUT2D eigenvalue weighted by molar-refractivity contribution is 5.87. The van der Waals surface area contributed by atoms with Crippen molar-refractivity contribution in [1.29, 1.82) is 0 Å². The summed E-state index contributed by atoms with van der Waals surface area (Å²) in [7, 11) is 0. The maximum absolute atomic E-state index is 2.24. The molecule has 3 aromatic rings. The van der Waals surface area contributed by atoms with Crippen molar-refractivity contribution in [3.05, 3.63) is 126 Å². The first-order chi connectivity index (χ1) is 10.9. The second-order valence-electron chi connectivity index (χ2n) is 5.44. The van der Waals surface area contributed by atoms with E-state index in [4.69, 9.17) is 0 Å². The molecule has 0 fully saturated rings. The van der Waals surface area contributed by atoms with Gasteiger partial charge in [-0.1, -0.05) is 36.4 Å². The first-order valence-corrected chi connectivity index (χ1v) is 7.56. The molecule has 3 aromatic carbocycles. The van der Waals surface area contributed by atoms with Crippen LogP contribution >= 0.6 is 0 Å². The van der Waals surface area contributed by atoms with Crippen molar-refractivity contribution >= 4 is 5.57 Å². The second-order valence-corrected chi connectivity index (χ2v) is 5.44. The topological polar surface area (TPSA) is 0 Å². The van der Waals surface area contributed by atoms with Crippen LogP contribution in [0.1, 0.15) is 22.3 Å². The van der Waals surface area contributed by atoms with Gasteiger partial charge in [-0.15, -0.1) is 0 Å². The SMILES string of the molecule is [CH]1C=C(c2ccccc2)c2ccccc2[C+]1c1ccccc1. The summed E-state index contributed by atoms with van der Waals surface area (Å²) in [6, 6.07) is 29.8. The van der Waals surface area contributed by atoms with E-state index < -0.39 is 0 Å². The van der Waals surface area contributed by atoms with Crippen molar-refractivity contribution in [2.24, 2.45) is 0 Å². The molecule has 0 bridgehead atoms. The third kappa shape index (κ3) is 2.23. The smallest absolute Gasteiger partial charge is 0.0622 e. The van der Waals surface area contributed by atoms with Crippen molar-refractivity contribution in [2.45, 2.75) is 0 Å². The molecule has 0 atom stereocenters. The Morgan fingerprint density at radius 2 is 1.23 bits per heavy atom. The summed E-state index contributed by atoms with van der Waals surface area (Å²) in [6.45, 7) is 0. The predicted octanol–water partition coefficient (Wildman–Crippen LogP) is 5.31. The molecule has 0 N–H and O–H groups in total. The van der Waals surface area contributed by atoms with Crippen LogP contribution in [0.25, 0.3) is 5.57 Å². The molecule has 22 heavy (non-hydrogen) atoms. The number of fused-ring (bicyclic) bond motifs is 1. The normalized spacial score (nSPS) is 13.5. The fraction of sp³-hybridized carbons (Fsp3) is 0. The van der Waals surface area contributed by atoms with Crippen molar-refractivity contribution in [3.8, 4) is 0 Å². The van der Waals surface area contributed by atoms with E-state index >= 15 is 0 Å². The lowest BCUT2D eigenvalue weighted by molar-refractivity contribution is 1.20. The summed E-state index contributed by atoms with van der Waals surface area (Å²) in [6.07, 6.45) is 4.47. The van der Waals surface area contributed by atoms with E-state index in [0.717, 1.165) is 0 Å². The standard InChI is InChI=1S/C22H16/c1-3-9-17(10-4-1)19-15-16-20(18-11-5-2-6-12-18)22-14-8-7-13-21(19)22/h1-16H/q+1. The number of allylic oxidation sites excluding steroid dienone is 1. The van der Waals surface area contributed by atoms with Crippen molar-refractivity contribution < 1.29 is 0 Å². The summed E-state index contributed by atoms with van der Waals surface area (Å²) in [4.78, 5) is 0. The molecule has 0 aliphatic heterocycles.